The van der Waals surface area contributed by atoms with Crippen LogP contribution in [0.2, 0.25) is 0 Å². The lowest BCUT2D eigenvalue weighted by molar-refractivity contribution is 0.443. The molecule has 0 aliphatic heterocycles. The summed E-state index contributed by atoms with van der Waals surface area (Å²) in [4.78, 5) is 0. The van der Waals surface area contributed by atoms with E-state index in [-0.39, 0.29) is 0 Å². The Balaban J connectivity index is 2.58. The van der Waals surface area contributed by atoms with Gasteiger partial charge in [0.1, 0.15) is 5.69 Å². The van der Waals surface area contributed by atoms with Gasteiger partial charge in [-0.05, 0) is 25.2 Å². The van der Waals surface area contributed by atoms with Crippen LogP contribution in [-0.4, -0.2) is 12.2 Å². The van der Waals surface area contributed by atoms with E-state index < -0.39 is 0 Å². The molecule has 13 heavy (non-hydrogen) atoms. The fourth-order valence-corrected chi connectivity index (χ4v) is 1.62. The molecule has 1 heterocycles. The number of hydrogen-bond donors (Lipinski definition) is 1. The van der Waals surface area contributed by atoms with Gasteiger partial charge in [-0.1, -0.05) is 21.1 Å². The molecule has 0 spiro atoms. The third-order valence-corrected chi connectivity index (χ3v) is 2.34. The average Bonchev–Trinajstić information content (AvgIpc) is 2.49. The summed E-state index contributed by atoms with van der Waals surface area (Å²) in [6, 6.07) is 5.86. The van der Waals surface area contributed by atoms with Gasteiger partial charge in [0, 0.05) is 16.4 Å². The van der Waals surface area contributed by atoms with Gasteiger partial charge >= 0.3 is 0 Å². The van der Waals surface area contributed by atoms with Gasteiger partial charge in [0.2, 0.25) is 0 Å². The lowest BCUT2D eigenvalue weighted by Gasteiger charge is -1.93. The summed E-state index contributed by atoms with van der Waals surface area (Å²) < 4.78 is 6.19. The third kappa shape index (κ3) is 1.59. The molecule has 2 aromatic rings. The minimum atomic E-state index is 0.726. The van der Waals surface area contributed by atoms with Crippen molar-refractivity contribution >= 4 is 26.9 Å². The zero-order valence-electron chi connectivity index (χ0n) is 7.17. The van der Waals surface area contributed by atoms with Gasteiger partial charge in [-0.3, -0.25) is 0 Å². The second-order valence-corrected chi connectivity index (χ2v) is 3.72. The van der Waals surface area contributed by atoms with Crippen LogP contribution in [0.3, 0.4) is 0 Å². The van der Waals surface area contributed by atoms with Crippen molar-refractivity contribution in [3.63, 3.8) is 0 Å². The topological polar surface area (TPSA) is 38.1 Å². The number of halogens is 1. The molecular formula is C9H9BrN2O. The van der Waals surface area contributed by atoms with Gasteiger partial charge in [0.05, 0.1) is 0 Å². The zero-order valence-corrected chi connectivity index (χ0v) is 8.76. The van der Waals surface area contributed by atoms with Crippen LogP contribution in [0.1, 0.15) is 5.69 Å². The monoisotopic (exact) mass is 240 g/mol. The molecule has 0 atom stereocenters. The summed E-state index contributed by atoms with van der Waals surface area (Å²) in [5.41, 5.74) is 1.77. The molecule has 0 aliphatic rings. The minimum absolute atomic E-state index is 0.726. The van der Waals surface area contributed by atoms with E-state index in [0.717, 1.165) is 27.7 Å². The smallest absolute Gasteiger partial charge is 0.167 e. The standard InChI is InChI=1S/C9H9BrN2O/c1-11-5-8-7-4-6(10)2-3-9(7)13-12-8/h2-4,11H,5H2,1H3. The summed E-state index contributed by atoms with van der Waals surface area (Å²) >= 11 is 3.41. The number of hydrogen-bond acceptors (Lipinski definition) is 3. The Morgan fingerprint density at radius 1 is 1.54 bits per heavy atom. The highest BCUT2D eigenvalue weighted by Crippen LogP contribution is 2.22. The number of nitrogens with one attached hydrogen (secondary N) is 1. The Morgan fingerprint density at radius 3 is 3.15 bits per heavy atom. The quantitative estimate of drug-likeness (QED) is 0.876. The van der Waals surface area contributed by atoms with Crippen molar-refractivity contribution in [2.45, 2.75) is 6.54 Å². The van der Waals surface area contributed by atoms with E-state index in [2.05, 4.69) is 26.4 Å². The van der Waals surface area contributed by atoms with Gasteiger partial charge in [-0.2, -0.15) is 0 Å². The van der Waals surface area contributed by atoms with Gasteiger partial charge in [0.25, 0.3) is 0 Å². The summed E-state index contributed by atoms with van der Waals surface area (Å²) in [5, 5.41) is 8.07. The fourth-order valence-electron chi connectivity index (χ4n) is 1.26. The van der Waals surface area contributed by atoms with Gasteiger partial charge < -0.3 is 9.84 Å². The third-order valence-electron chi connectivity index (χ3n) is 1.85. The van der Waals surface area contributed by atoms with E-state index in [1.807, 2.05) is 25.2 Å². The molecule has 68 valence electrons. The molecule has 4 heteroatoms. The largest absolute Gasteiger partial charge is 0.356 e. The van der Waals surface area contributed by atoms with E-state index in [9.17, 15) is 0 Å². The van der Waals surface area contributed by atoms with E-state index in [4.69, 9.17) is 4.52 Å². The lowest BCUT2D eigenvalue weighted by atomic mass is 10.2. The Morgan fingerprint density at radius 2 is 2.38 bits per heavy atom. The van der Waals surface area contributed by atoms with E-state index in [1.54, 1.807) is 0 Å². The number of fused-ring (bicyclic) bond motifs is 1. The van der Waals surface area contributed by atoms with Crippen LogP contribution in [0.25, 0.3) is 11.0 Å². The SMILES string of the molecule is CNCc1noc2ccc(Br)cc12. The highest BCUT2D eigenvalue weighted by atomic mass is 79.9. The maximum atomic E-state index is 5.15. The number of aromatic nitrogens is 1. The first-order valence-electron chi connectivity index (χ1n) is 3.99. The van der Waals surface area contributed by atoms with E-state index in [1.165, 1.54) is 0 Å². The Labute approximate surface area is 84.2 Å². The number of benzene rings is 1. The van der Waals surface area contributed by atoms with Crippen LogP contribution in [0.15, 0.2) is 27.2 Å². The van der Waals surface area contributed by atoms with Crippen molar-refractivity contribution in [3.8, 4) is 0 Å². The summed E-state index contributed by atoms with van der Waals surface area (Å²) in [7, 11) is 1.89. The average molecular weight is 241 g/mol. The predicted molar refractivity (Wildman–Crippen MR) is 54.5 cm³/mol. The second kappa shape index (κ2) is 3.47. The molecule has 1 N–H and O–H groups in total. The van der Waals surface area contributed by atoms with Crippen LogP contribution in [0, 0.1) is 0 Å². The van der Waals surface area contributed by atoms with Crippen LogP contribution >= 0.6 is 15.9 Å². The molecule has 3 nitrogen and oxygen atoms in total. The Hall–Kier alpha value is -0.870. The van der Waals surface area contributed by atoms with Crippen LogP contribution in [0.5, 0.6) is 0 Å². The number of nitrogens with zero attached hydrogens (tertiary/aromatic N) is 1. The summed E-state index contributed by atoms with van der Waals surface area (Å²) in [6.07, 6.45) is 0. The zero-order chi connectivity index (χ0) is 9.26. The van der Waals surface area contributed by atoms with Crippen molar-refractivity contribution in [1.29, 1.82) is 0 Å². The van der Waals surface area contributed by atoms with Crippen molar-refractivity contribution in [1.82, 2.24) is 10.5 Å². The summed E-state index contributed by atoms with van der Waals surface area (Å²) in [6.45, 7) is 0.726. The number of rotatable bonds is 2. The highest BCUT2D eigenvalue weighted by Gasteiger charge is 2.06. The molecule has 0 aliphatic carbocycles. The molecule has 0 saturated heterocycles. The van der Waals surface area contributed by atoms with Gasteiger partial charge in [0.15, 0.2) is 5.58 Å². The van der Waals surface area contributed by atoms with Crippen molar-refractivity contribution in [3.05, 3.63) is 28.4 Å². The second-order valence-electron chi connectivity index (χ2n) is 2.80. The molecule has 0 amide bonds. The molecular weight excluding hydrogens is 232 g/mol. The first-order valence-corrected chi connectivity index (χ1v) is 4.79. The highest BCUT2D eigenvalue weighted by molar-refractivity contribution is 9.10. The molecule has 2 rings (SSSR count). The Bertz CT molecular complexity index is 424. The summed E-state index contributed by atoms with van der Waals surface area (Å²) in [5.74, 6) is 0. The molecule has 0 bridgehead atoms. The molecule has 1 aromatic carbocycles. The maximum absolute atomic E-state index is 5.15. The molecule has 1 aromatic heterocycles. The predicted octanol–water partition coefficient (Wildman–Crippen LogP) is 2.31. The maximum Gasteiger partial charge on any atom is 0.167 e. The lowest BCUT2D eigenvalue weighted by Crippen LogP contribution is -2.05. The van der Waals surface area contributed by atoms with Crippen LogP contribution in [-0.2, 0) is 6.54 Å². The van der Waals surface area contributed by atoms with Crippen molar-refractivity contribution in [2.24, 2.45) is 0 Å². The molecule has 0 radical (unpaired) electrons. The van der Waals surface area contributed by atoms with Crippen molar-refractivity contribution in [2.75, 3.05) is 7.05 Å². The molecule has 0 unspecified atom stereocenters. The first kappa shape index (κ1) is 8.72. The fraction of sp³-hybridized carbons (Fsp3) is 0.222. The molecule has 0 fully saturated rings. The minimum Gasteiger partial charge on any atom is -0.356 e. The van der Waals surface area contributed by atoms with E-state index in [0.29, 0.717) is 0 Å². The van der Waals surface area contributed by atoms with E-state index >= 15 is 0 Å². The normalized spacial score (nSPS) is 10.9. The Kier molecular flexibility index (Phi) is 2.33. The molecule has 0 saturated carbocycles. The van der Waals surface area contributed by atoms with Crippen molar-refractivity contribution < 1.29 is 4.52 Å². The van der Waals surface area contributed by atoms with Crippen LogP contribution < -0.4 is 5.32 Å². The van der Waals surface area contributed by atoms with Crippen LogP contribution in [0.4, 0.5) is 0 Å². The van der Waals surface area contributed by atoms with Gasteiger partial charge in [-0.15, -0.1) is 0 Å². The first-order chi connectivity index (χ1) is 6.31. The van der Waals surface area contributed by atoms with Gasteiger partial charge in [-0.25, -0.2) is 0 Å².